The van der Waals surface area contributed by atoms with Crippen LogP contribution in [0.1, 0.15) is 34.6 Å². The van der Waals surface area contributed by atoms with Gasteiger partial charge in [0.15, 0.2) is 5.78 Å². The third-order valence-corrected chi connectivity index (χ3v) is 2.14. The average molecular weight is 280 g/mol. The summed E-state index contributed by atoms with van der Waals surface area (Å²) < 4.78 is 5.05. The molecule has 0 radical (unpaired) electrons. The molecule has 0 aliphatic rings. The third kappa shape index (κ3) is 5.77. The van der Waals surface area contributed by atoms with Gasteiger partial charge in [0.05, 0.1) is 10.9 Å². The second kappa shape index (κ2) is 4.96. The molecule has 0 bridgehead atoms. The number of Topliss-reactive ketones (excluding diaryl/α,β-unsaturated/α-hetero) is 1. The number of ketones is 1. The Morgan fingerprint density at radius 3 is 2.00 bits per heavy atom. The molecule has 0 aromatic heterocycles. The number of hydrogen-bond donors (Lipinski definition) is 1. The highest BCUT2D eigenvalue weighted by Gasteiger charge is 2.30. The van der Waals surface area contributed by atoms with Crippen molar-refractivity contribution in [1.29, 1.82) is 0 Å². The predicted molar refractivity (Wildman–Crippen MR) is 62.2 cm³/mol. The van der Waals surface area contributed by atoms with Gasteiger partial charge in [-0.3, -0.25) is 4.79 Å². The number of nitrogens with one attached hydrogen (secondary N) is 1. The van der Waals surface area contributed by atoms with Crippen LogP contribution in [0, 0.1) is 0 Å². The summed E-state index contributed by atoms with van der Waals surface area (Å²) in [6, 6.07) is 0. The zero-order valence-corrected chi connectivity index (χ0v) is 11.4. The fourth-order valence-corrected chi connectivity index (χ4v) is 1.50. The smallest absolute Gasteiger partial charge is 0.408 e. The zero-order chi connectivity index (χ0) is 12.3. The summed E-state index contributed by atoms with van der Waals surface area (Å²) in [5.74, 6) is -0.103. The van der Waals surface area contributed by atoms with Crippen LogP contribution in [0.3, 0.4) is 0 Å². The highest BCUT2D eigenvalue weighted by atomic mass is 79.9. The van der Waals surface area contributed by atoms with Gasteiger partial charge >= 0.3 is 6.09 Å². The first-order valence-electron chi connectivity index (χ1n) is 4.69. The first-order valence-corrected chi connectivity index (χ1v) is 5.81. The monoisotopic (exact) mass is 279 g/mol. The molecule has 0 heterocycles. The van der Waals surface area contributed by atoms with Gasteiger partial charge in [-0.1, -0.05) is 15.9 Å². The summed E-state index contributed by atoms with van der Waals surface area (Å²) in [4.78, 5) is 22.8. The highest BCUT2D eigenvalue weighted by Crippen LogP contribution is 2.10. The van der Waals surface area contributed by atoms with Crippen molar-refractivity contribution in [2.45, 2.75) is 45.8 Å². The second-order valence-electron chi connectivity index (χ2n) is 4.81. The van der Waals surface area contributed by atoms with E-state index in [9.17, 15) is 9.59 Å². The van der Waals surface area contributed by atoms with Gasteiger partial charge in [0.25, 0.3) is 0 Å². The minimum absolute atomic E-state index is 0.103. The van der Waals surface area contributed by atoms with E-state index < -0.39 is 17.2 Å². The van der Waals surface area contributed by atoms with Gasteiger partial charge < -0.3 is 10.1 Å². The van der Waals surface area contributed by atoms with Gasteiger partial charge in [-0.25, -0.2) is 4.79 Å². The number of amides is 1. The Morgan fingerprint density at radius 1 is 1.20 bits per heavy atom. The van der Waals surface area contributed by atoms with E-state index in [1.54, 1.807) is 34.6 Å². The predicted octanol–water partition coefficient (Wildman–Crippen LogP) is 2.25. The molecule has 4 nitrogen and oxygen atoms in total. The number of carbonyl (C=O) groups excluding carboxylic acids is 2. The van der Waals surface area contributed by atoms with Crippen LogP contribution in [0.15, 0.2) is 0 Å². The Bertz CT molecular complexity index is 256. The van der Waals surface area contributed by atoms with Crippen molar-refractivity contribution in [1.82, 2.24) is 5.32 Å². The largest absolute Gasteiger partial charge is 0.444 e. The maximum Gasteiger partial charge on any atom is 0.408 e. The fourth-order valence-electron chi connectivity index (χ4n) is 0.796. The van der Waals surface area contributed by atoms with E-state index in [2.05, 4.69) is 21.2 Å². The molecule has 88 valence electrons. The molecule has 1 amide bonds. The maximum absolute atomic E-state index is 11.4. The van der Waals surface area contributed by atoms with Crippen LogP contribution in [0.25, 0.3) is 0 Å². The second-order valence-corrected chi connectivity index (χ2v) is 5.37. The molecule has 0 rings (SSSR count). The molecule has 0 aromatic rings. The normalized spacial score (nSPS) is 12.1. The summed E-state index contributed by atoms with van der Waals surface area (Å²) >= 11 is 3.06. The van der Waals surface area contributed by atoms with Crippen molar-refractivity contribution in [3.63, 3.8) is 0 Å². The molecule has 0 aliphatic heterocycles. The number of alkyl carbamates (subject to hydrolysis) is 1. The third-order valence-electron chi connectivity index (χ3n) is 1.63. The fraction of sp³-hybridized carbons (Fsp3) is 0.800. The molecule has 0 atom stereocenters. The molecular formula is C10H18BrNO3. The topological polar surface area (TPSA) is 55.4 Å². The molecule has 5 heteroatoms. The number of carbonyl (C=O) groups is 2. The molecule has 0 fully saturated rings. The van der Waals surface area contributed by atoms with Crippen LogP contribution in [0.5, 0.6) is 0 Å². The Kier molecular flexibility index (Phi) is 4.77. The summed E-state index contributed by atoms with van der Waals surface area (Å²) in [6.07, 6.45) is -0.582. The molecule has 0 saturated heterocycles. The quantitative estimate of drug-likeness (QED) is 0.807. The van der Waals surface area contributed by atoms with Gasteiger partial charge in [0, 0.05) is 0 Å². The molecule has 0 aromatic carbocycles. The minimum atomic E-state index is -0.911. The Hall–Kier alpha value is -0.580. The molecule has 0 saturated carbocycles. The van der Waals surface area contributed by atoms with Crippen molar-refractivity contribution in [2.24, 2.45) is 0 Å². The van der Waals surface area contributed by atoms with Gasteiger partial charge in [-0.2, -0.15) is 0 Å². The van der Waals surface area contributed by atoms with Crippen molar-refractivity contribution < 1.29 is 14.3 Å². The van der Waals surface area contributed by atoms with Crippen LogP contribution in [0.4, 0.5) is 4.79 Å². The molecule has 0 unspecified atom stereocenters. The lowest BCUT2D eigenvalue weighted by Gasteiger charge is -2.26. The Labute approximate surface area is 98.9 Å². The molecule has 1 N–H and O–H groups in total. The average Bonchev–Trinajstić information content (AvgIpc) is 1.97. The summed E-state index contributed by atoms with van der Waals surface area (Å²) in [6.45, 7) is 8.59. The maximum atomic E-state index is 11.4. The van der Waals surface area contributed by atoms with E-state index in [1.807, 2.05) is 0 Å². The van der Waals surface area contributed by atoms with Crippen molar-refractivity contribution >= 4 is 27.8 Å². The number of alkyl halides is 1. The van der Waals surface area contributed by atoms with Gasteiger partial charge in [0.2, 0.25) is 0 Å². The van der Waals surface area contributed by atoms with Crippen LogP contribution in [-0.2, 0) is 9.53 Å². The first kappa shape index (κ1) is 14.4. The van der Waals surface area contributed by atoms with Crippen molar-refractivity contribution in [3.8, 4) is 0 Å². The van der Waals surface area contributed by atoms with E-state index in [0.717, 1.165) is 0 Å². The number of halogens is 1. The standard InChI is InChI=1S/C10H18BrNO3/c1-9(2,3)15-8(14)12-10(4,5)7(13)6-11/h6H2,1-5H3,(H,12,14). The zero-order valence-electron chi connectivity index (χ0n) is 9.81. The lowest BCUT2D eigenvalue weighted by atomic mass is 10.0. The molecule has 0 aliphatic carbocycles. The van der Waals surface area contributed by atoms with Gasteiger partial charge in [0.1, 0.15) is 5.60 Å². The Balaban J connectivity index is 4.35. The van der Waals surface area contributed by atoms with Gasteiger partial charge in [-0.15, -0.1) is 0 Å². The van der Waals surface area contributed by atoms with E-state index in [1.165, 1.54) is 0 Å². The first-order chi connectivity index (χ1) is 6.58. The summed E-state index contributed by atoms with van der Waals surface area (Å²) in [7, 11) is 0. The lowest BCUT2D eigenvalue weighted by molar-refractivity contribution is -0.121. The Morgan fingerprint density at radius 2 is 1.67 bits per heavy atom. The number of ether oxygens (including phenoxy) is 1. The van der Waals surface area contributed by atoms with E-state index >= 15 is 0 Å². The van der Waals surface area contributed by atoms with Crippen LogP contribution in [0.2, 0.25) is 0 Å². The molecule has 15 heavy (non-hydrogen) atoms. The van der Waals surface area contributed by atoms with E-state index in [4.69, 9.17) is 4.74 Å². The molecular weight excluding hydrogens is 262 g/mol. The highest BCUT2D eigenvalue weighted by molar-refractivity contribution is 9.09. The minimum Gasteiger partial charge on any atom is -0.444 e. The SMILES string of the molecule is CC(C)(C)OC(=O)NC(C)(C)C(=O)CBr. The van der Waals surface area contributed by atoms with E-state index in [0.29, 0.717) is 0 Å². The summed E-state index contributed by atoms with van der Waals surface area (Å²) in [5.41, 5.74) is -1.47. The lowest BCUT2D eigenvalue weighted by Crippen LogP contribution is -2.51. The molecule has 0 spiro atoms. The van der Waals surface area contributed by atoms with Crippen molar-refractivity contribution in [3.05, 3.63) is 0 Å². The number of hydrogen-bond acceptors (Lipinski definition) is 3. The summed E-state index contributed by atoms with van der Waals surface area (Å²) in [5, 5.41) is 2.73. The van der Waals surface area contributed by atoms with Crippen LogP contribution in [-0.4, -0.2) is 28.3 Å². The van der Waals surface area contributed by atoms with Crippen LogP contribution >= 0.6 is 15.9 Å². The van der Waals surface area contributed by atoms with Crippen molar-refractivity contribution in [2.75, 3.05) is 5.33 Å². The van der Waals surface area contributed by atoms with Gasteiger partial charge in [-0.05, 0) is 34.6 Å². The number of rotatable bonds is 3. The van der Waals surface area contributed by atoms with Crippen LogP contribution < -0.4 is 5.32 Å². The van der Waals surface area contributed by atoms with E-state index in [-0.39, 0.29) is 11.1 Å².